The van der Waals surface area contributed by atoms with Crippen molar-refractivity contribution >= 4 is 16.6 Å². The number of ether oxygens (including phenoxy) is 1. The van der Waals surface area contributed by atoms with E-state index in [1.54, 1.807) is 24.4 Å². The van der Waals surface area contributed by atoms with Crippen molar-refractivity contribution in [3.63, 3.8) is 0 Å². The van der Waals surface area contributed by atoms with Crippen LogP contribution >= 0.6 is 0 Å². The Kier molecular flexibility index (Phi) is 3.36. The highest BCUT2D eigenvalue weighted by Gasteiger charge is 2.30. The number of alkyl halides is 3. The first-order valence-electron chi connectivity index (χ1n) is 6.43. The lowest BCUT2D eigenvalue weighted by molar-refractivity contribution is -0.137. The summed E-state index contributed by atoms with van der Waals surface area (Å²) in [6, 6.07) is 11.4. The summed E-state index contributed by atoms with van der Waals surface area (Å²) in [5.41, 5.74) is 6.21. The average Bonchev–Trinajstić information content (AvgIpc) is 2.47. The minimum atomic E-state index is -4.41. The molecule has 3 nitrogen and oxygen atoms in total. The number of fused-ring (bicyclic) bond motifs is 1. The van der Waals surface area contributed by atoms with Crippen LogP contribution in [0.1, 0.15) is 5.56 Å². The van der Waals surface area contributed by atoms with Crippen molar-refractivity contribution in [1.82, 2.24) is 4.98 Å². The second-order valence-electron chi connectivity index (χ2n) is 4.71. The van der Waals surface area contributed by atoms with Gasteiger partial charge >= 0.3 is 6.18 Å². The van der Waals surface area contributed by atoms with Gasteiger partial charge in [-0.1, -0.05) is 6.07 Å². The highest BCUT2D eigenvalue weighted by atomic mass is 19.4. The molecule has 112 valence electrons. The lowest BCUT2D eigenvalue weighted by Gasteiger charge is -2.11. The van der Waals surface area contributed by atoms with Crippen LogP contribution in [0.4, 0.5) is 18.9 Å². The molecule has 1 heterocycles. The Morgan fingerprint density at radius 3 is 2.55 bits per heavy atom. The molecule has 0 bridgehead atoms. The molecule has 22 heavy (non-hydrogen) atoms. The Morgan fingerprint density at radius 1 is 0.955 bits per heavy atom. The van der Waals surface area contributed by atoms with Gasteiger partial charge in [-0.15, -0.1) is 0 Å². The van der Waals surface area contributed by atoms with Crippen molar-refractivity contribution in [3.8, 4) is 11.5 Å². The molecule has 0 radical (unpaired) electrons. The van der Waals surface area contributed by atoms with Gasteiger partial charge in [0.25, 0.3) is 0 Å². The molecular formula is C16H11F3N2O. The number of rotatable bonds is 2. The number of halogens is 3. The lowest BCUT2D eigenvalue weighted by Crippen LogP contribution is -2.04. The molecule has 0 unspecified atom stereocenters. The summed E-state index contributed by atoms with van der Waals surface area (Å²) < 4.78 is 43.6. The van der Waals surface area contributed by atoms with Crippen LogP contribution < -0.4 is 10.5 Å². The normalized spacial score (nSPS) is 11.6. The van der Waals surface area contributed by atoms with Gasteiger partial charge in [0.05, 0.1) is 11.1 Å². The minimum absolute atomic E-state index is 0.0875. The number of pyridine rings is 1. The van der Waals surface area contributed by atoms with Crippen molar-refractivity contribution in [2.45, 2.75) is 6.18 Å². The Bertz CT molecular complexity index is 831. The van der Waals surface area contributed by atoms with E-state index in [-0.39, 0.29) is 5.75 Å². The third-order valence-electron chi connectivity index (χ3n) is 3.12. The van der Waals surface area contributed by atoms with E-state index in [0.29, 0.717) is 17.0 Å². The molecule has 0 saturated heterocycles. The topological polar surface area (TPSA) is 48.1 Å². The van der Waals surface area contributed by atoms with E-state index in [1.165, 1.54) is 12.1 Å². The van der Waals surface area contributed by atoms with Crippen molar-refractivity contribution in [1.29, 1.82) is 0 Å². The first-order valence-corrected chi connectivity index (χ1v) is 6.43. The second-order valence-corrected chi connectivity index (χ2v) is 4.71. The first-order chi connectivity index (χ1) is 10.4. The number of nitrogen functional groups attached to an aromatic ring is 1. The molecule has 0 aliphatic rings. The average molecular weight is 304 g/mol. The van der Waals surface area contributed by atoms with Gasteiger partial charge in [0.2, 0.25) is 0 Å². The summed E-state index contributed by atoms with van der Waals surface area (Å²) in [6.07, 6.45) is -2.81. The smallest absolute Gasteiger partial charge is 0.416 e. The summed E-state index contributed by atoms with van der Waals surface area (Å²) >= 11 is 0. The standard InChI is InChI=1S/C16H11F3N2O/c17-16(18,19)10-3-1-4-11(7-10)22-12-8-14(20)13-5-2-6-21-15(13)9-12/h1-9H,20H2. The number of aromatic nitrogens is 1. The van der Waals surface area contributed by atoms with Gasteiger partial charge in [0, 0.05) is 29.4 Å². The van der Waals surface area contributed by atoms with E-state index in [0.717, 1.165) is 17.5 Å². The van der Waals surface area contributed by atoms with Crippen LogP contribution in [0, 0.1) is 0 Å². The predicted octanol–water partition coefficient (Wildman–Crippen LogP) is 4.63. The summed E-state index contributed by atoms with van der Waals surface area (Å²) in [5.74, 6) is 0.424. The molecule has 0 aliphatic heterocycles. The summed E-state index contributed by atoms with van der Waals surface area (Å²) in [5, 5.41) is 0.763. The quantitative estimate of drug-likeness (QED) is 0.702. The fourth-order valence-corrected chi connectivity index (χ4v) is 2.11. The molecule has 1 aromatic heterocycles. The Balaban J connectivity index is 1.97. The van der Waals surface area contributed by atoms with Gasteiger partial charge < -0.3 is 10.5 Å². The molecule has 0 amide bonds. The van der Waals surface area contributed by atoms with Gasteiger partial charge in [0.1, 0.15) is 11.5 Å². The van der Waals surface area contributed by atoms with Crippen LogP contribution in [-0.4, -0.2) is 4.98 Å². The molecule has 0 spiro atoms. The zero-order valence-corrected chi connectivity index (χ0v) is 11.3. The third kappa shape index (κ3) is 2.81. The first kappa shape index (κ1) is 14.2. The number of nitrogens with two attached hydrogens (primary N) is 1. The van der Waals surface area contributed by atoms with Crippen LogP contribution in [0.3, 0.4) is 0 Å². The van der Waals surface area contributed by atoms with Gasteiger partial charge in [0.15, 0.2) is 0 Å². The molecule has 6 heteroatoms. The molecule has 2 N–H and O–H groups in total. The molecule has 2 aromatic carbocycles. The lowest BCUT2D eigenvalue weighted by atomic mass is 10.1. The van der Waals surface area contributed by atoms with E-state index in [1.807, 2.05) is 6.07 Å². The zero-order chi connectivity index (χ0) is 15.7. The maximum atomic E-state index is 12.7. The van der Waals surface area contributed by atoms with E-state index in [4.69, 9.17) is 10.5 Å². The van der Waals surface area contributed by atoms with Crippen LogP contribution in [0.15, 0.2) is 54.7 Å². The van der Waals surface area contributed by atoms with Crippen molar-refractivity contribution in [2.24, 2.45) is 0 Å². The fraction of sp³-hybridized carbons (Fsp3) is 0.0625. The highest BCUT2D eigenvalue weighted by molar-refractivity contribution is 5.91. The highest BCUT2D eigenvalue weighted by Crippen LogP contribution is 2.34. The molecule has 0 fully saturated rings. The maximum absolute atomic E-state index is 12.7. The molecule has 3 rings (SSSR count). The van der Waals surface area contributed by atoms with E-state index in [2.05, 4.69) is 4.98 Å². The third-order valence-corrected chi connectivity index (χ3v) is 3.12. The van der Waals surface area contributed by atoms with Gasteiger partial charge in [-0.2, -0.15) is 13.2 Å². The van der Waals surface area contributed by atoms with Crippen molar-refractivity contribution < 1.29 is 17.9 Å². The van der Waals surface area contributed by atoms with E-state index < -0.39 is 11.7 Å². The van der Waals surface area contributed by atoms with Gasteiger partial charge in [-0.3, -0.25) is 4.98 Å². The van der Waals surface area contributed by atoms with Crippen molar-refractivity contribution in [3.05, 3.63) is 60.3 Å². The molecule has 0 saturated carbocycles. The minimum Gasteiger partial charge on any atom is -0.457 e. The summed E-state index contributed by atoms with van der Waals surface area (Å²) in [6.45, 7) is 0. The second kappa shape index (κ2) is 5.22. The predicted molar refractivity (Wildman–Crippen MR) is 77.7 cm³/mol. The monoisotopic (exact) mass is 304 g/mol. The Labute approximate surface area is 124 Å². The molecule has 0 aliphatic carbocycles. The number of hydrogen-bond acceptors (Lipinski definition) is 3. The zero-order valence-electron chi connectivity index (χ0n) is 11.3. The maximum Gasteiger partial charge on any atom is 0.416 e. The SMILES string of the molecule is Nc1cc(Oc2cccc(C(F)(F)F)c2)cc2ncccc12. The Hall–Kier alpha value is -2.76. The Morgan fingerprint density at radius 2 is 1.77 bits per heavy atom. The number of benzene rings is 2. The van der Waals surface area contributed by atoms with Crippen LogP contribution in [0.2, 0.25) is 0 Å². The van der Waals surface area contributed by atoms with Crippen LogP contribution in [0.5, 0.6) is 11.5 Å². The van der Waals surface area contributed by atoms with Gasteiger partial charge in [-0.05, 0) is 30.3 Å². The van der Waals surface area contributed by atoms with Crippen LogP contribution in [-0.2, 0) is 6.18 Å². The molecular weight excluding hydrogens is 293 g/mol. The van der Waals surface area contributed by atoms with E-state index in [9.17, 15) is 13.2 Å². The molecule has 0 atom stereocenters. The van der Waals surface area contributed by atoms with Crippen LogP contribution in [0.25, 0.3) is 10.9 Å². The summed E-state index contributed by atoms with van der Waals surface area (Å²) in [7, 11) is 0. The largest absolute Gasteiger partial charge is 0.457 e. The molecule has 3 aromatic rings. The van der Waals surface area contributed by atoms with Gasteiger partial charge in [-0.25, -0.2) is 0 Å². The number of anilines is 1. The number of nitrogens with zero attached hydrogens (tertiary/aromatic N) is 1. The summed E-state index contributed by atoms with van der Waals surface area (Å²) in [4.78, 5) is 4.16. The van der Waals surface area contributed by atoms with E-state index >= 15 is 0 Å². The number of hydrogen-bond donors (Lipinski definition) is 1. The van der Waals surface area contributed by atoms with Crippen molar-refractivity contribution in [2.75, 3.05) is 5.73 Å². The fourth-order valence-electron chi connectivity index (χ4n) is 2.11.